The van der Waals surface area contributed by atoms with Gasteiger partial charge < -0.3 is 9.84 Å². The summed E-state index contributed by atoms with van der Waals surface area (Å²) >= 11 is 0. The highest BCUT2D eigenvalue weighted by atomic mass is 16.5. The molecule has 4 rings (SSSR count). The van der Waals surface area contributed by atoms with Crippen LogP contribution in [0.1, 0.15) is 35.6 Å². The molecule has 0 amide bonds. The van der Waals surface area contributed by atoms with E-state index in [1.54, 1.807) is 12.1 Å². The Bertz CT molecular complexity index is 1130. The highest BCUT2D eigenvalue weighted by molar-refractivity contribution is 5.98. The fourth-order valence-electron chi connectivity index (χ4n) is 3.77. The lowest BCUT2D eigenvalue weighted by Crippen LogP contribution is -1.97. The standard InChI is InChI=1S/C29H26O2/c1-2-28(23-11-7-4-8-12-23)29(24-13-17-26(30)18-14-24)25-15-19-27(20-16-25)31-21-22-9-5-3-6-10-22/h3-20,30H,2,21H2,1H3. The lowest BCUT2D eigenvalue weighted by Gasteiger charge is -2.17. The molecule has 0 aromatic heterocycles. The quantitative estimate of drug-likeness (QED) is 0.325. The summed E-state index contributed by atoms with van der Waals surface area (Å²) in [5.74, 6) is 1.11. The maximum atomic E-state index is 9.78. The zero-order valence-corrected chi connectivity index (χ0v) is 17.7. The monoisotopic (exact) mass is 406 g/mol. The van der Waals surface area contributed by atoms with Gasteiger partial charge in [0, 0.05) is 0 Å². The summed E-state index contributed by atoms with van der Waals surface area (Å²) in [4.78, 5) is 0. The van der Waals surface area contributed by atoms with Crippen molar-refractivity contribution in [2.75, 3.05) is 0 Å². The van der Waals surface area contributed by atoms with E-state index in [2.05, 4.69) is 55.5 Å². The van der Waals surface area contributed by atoms with Crippen LogP contribution in [-0.2, 0) is 6.61 Å². The fraction of sp³-hybridized carbons (Fsp3) is 0.103. The summed E-state index contributed by atoms with van der Waals surface area (Å²) in [7, 11) is 0. The third-order valence-electron chi connectivity index (χ3n) is 5.32. The number of hydrogen-bond acceptors (Lipinski definition) is 2. The number of allylic oxidation sites excluding steroid dienone is 1. The van der Waals surface area contributed by atoms with Gasteiger partial charge in [0.05, 0.1) is 0 Å². The van der Waals surface area contributed by atoms with Crippen molar-refractivity contribution in [3.63, 3.8) is 0 Å². The lowest BCUT2D eigenvalue weighted by molar-refractivity contribution is 0.306. The molecule has 2 nitrogen and oxygen atoms in total. The van der Waals surface area contributed by atoms with E-state index in [9.17, 15) is 5.11 Å². The number of rotatable bonds is 7. The van der Waals surface area contributed by atoms with Crippen LogP contribution in [0.4, 0.5) is 0 Å². The van der Waals surface area contributed by atoms with Gasteiger partial charge in [0.1, 0.15) is 18.1 Å². The number of hydrogen-bond donors (Lipinski definition) is 1. The molecule has 0 spiro atoms. The minimum absolute atomic E-state index is 0.269. The molecule has 0 radical (unpaired) electrons. The molecule has 0 aliphatic heterocycles. The average Bonchev–Trinajstić information content (AvgIpc) is 2.84. The van der Waals surface area contributed by atoms with E-state index in [1.165, 1.54) is 16.7 Å². The summed E-state index contributed by atoms with van der Waals surface area (Å²) in [6, 6.07) is 36.4. The van der Waals surface area contributed by atoms with Crippen molar-refractivity contribution in [2.45, 2.75) is 20.0 Å². The van der Waals surface area contributed by atoms with Gasteiger partial charge in [0.15, 0.2) is 0 Å². The Morgan fingerprint density at radius 2 is 1.19 bits per heavy atom. The van der Waals surface area contributed by atoms with Crippen LogP contribution in [0.15, 0.2) is 109 Å². The minimum Gasteiger partial charge on any atom is -0.508 e. The van der Waals surface area contributed by atoms with Crippen molar-refractivity contribution in [1.29, 1.82) is 0 Å². The van der Waals surface area contributed by atoms with Crippen LogP contribution in [0.2, 0.25) is 0 Å². The number of benzene rings is 4. The van der Waals surface area contributed by atoms with Crippen molar-refractivity contribution in [1.82, 2.24) is 0 Å². The van der Waals surface area contributed by atoms with Crippen molar-refractivity contribution in [3.05, 3.63) is 131 Å². The highest BCUT2D eigenvalue weighted by Crippen LogP contribution is 2.35. The van der Waals surface area contributed by atoms with Gasteiger partial charge in [-0.25, -0.2) is 0 Å². The first-order valence-electron chi connectivity index (χ1n) is 10.6. The normalized spacial score (nSPS) is 11.6. The van der Waals surface area contributed by atoms with Gasteiger partial charge in [0.25, 0.3) is 0 Å². The molecule has 2 heteroatoms. The van der Waals surface area contributed by atoms with E-state index in [0.717, 1.165) is 28.9 Å². The van der Waals surface area contributed by atoms with E-state index in [-0.39, 0.29) is 5.75 Å². The third kappa shape index (κ3) is 5.04. The summed E-state index contributed by atoms with van der Waals surface area (Å²) < 4.78 is 5.97. The van der Waals surface area contributed by atoms with Crippen molar-refractivity contribution < 1.29 is 9.84 Å². The maximum absolute atomic E-state index is 9.78. The molecule has 4 aromatic carbocycles. The number of phenols is 1. The smallest absolute Gasteiger partial charge is 0.119 e. The molecule has 0 fully saturated rings. The summed E-state index contributed by atoms with van der Waals surface area (Å²) in [6.45, 7) is 2.73. The molecular formula is C29H26O2. The van der Waals surface area contributed by atoms with Crippen molar-refractivity contribution in [3.8, 4) is 11.5 Å². The molecule has 0 atom stereocenters. The second kappa shape index (κ2) is 9.82. The first kappa shape index (κ1) is 20.5. The van der Waals surface area contributed by atoms with E-state index in [4.69, 9.17) is 4.74 Å². The molecule has 4 aromatic rings. The van der Waals surface area contributed by atoms with Gasteiger partial charge in [-0.15, -0.1) is 0 Å². The molecule has 0 heterocycles. The Morgan fingerprint density at radius 3 is 1.77 bits per heavy atom. The Balaban J connectivity index is 1.70. The van der Waals surface area contributed by atoms with Gasteiger partial charge in [-0.1, -0.05) is 91.9 Å². The van der Waals surface area contributed by atoms with Crippen LogP contribution in [0, 0.1) is 0 Å². The lowest BCUT2D eigenvalue weighted by atomic mass is 9.88. The molecule has 0 aliphatic rings. The molecule has 0 saturated carbocycles. The molecule has 0 saturated heterocycles. The Labute approximate surface area is 184 Å². The molecule has 1 N–H and O–H groups in total. The Kier molecular flexibility index (Phi) is 6.49. The van der Waals surface area contributed by atoms with Crippen LogP contribution >= 0.6 is 0 Å². The minimum atomic E-state index is 0.269. The summed E-state index contributed by atoms with van der Waals surface area (Å²) in [6.07, 6.45) is 0.895. The Morgan fingerprint density at radius 1 is 0.645 bits per heavy atom. The van der Waals surface area contributed by atoms with E-state index < -0.39 is 0 Å². The SMILES string of the molecule is CCC(=C(c1ccc(O)cc1)c1ccc(OCc2ccccc2)cc1)c1ccccc1. The van der Waals surface area contributed by atoms with E-state index >= 15 is 0 Å². The van der Waals surface area contributed by atoms with Crippen molar-refractivity contribution in [2.24, 2.45) is 0 Å². The van der Waals surface area contributed by atoms with Crippen LogP contribution in [0.5, 0.6) is 11.5 Å². The predicted molar refractivity (Wildman–Crippen MR) is 128 cm³/mol. The molecular weight excluding hydrogens is 380 g/mol. The largest absolute Gasteiger partial charge is 0.508 e. The highest BCUT2D eigenvalue weighted by Gasteiger charge is 2.13. The van der Waals surface area contributed by atoms with Crippen LogP contribution in [-0.4, -0.2) is 5.11 Å². The van der Waals surface area contributed by atoms with E-state index in [0.29, 0.717) is 6.61 Å². The van der Waals surface area contributed by atoms with Gasteiger partial charge in [-0.3, -0.25) is 0 Å². The second-order valence-corrected chi connectivity index (χ2v) is 7.42. The van der Waals surface area contributed by atoms with Crippen LogP contribution in [0.25, 0.3) is 11.1 Å². The first-order valence-corrected chi connectivity index (χ1v) is 10.6. The summed E-state index contributed by atoms with van der Waals surface area (Å²) in [5, 5.41) is 9.78. The van der Waals surface area contributed by atoms with Crippen LogP contribution in [0.3, 0.4) is 0 Å². The zero-order valence-electron chi connectivity index (χ0n) is 17.7. The van der Waals surface area contributed by atoms with Gasteiger partial charge in [0.2, 0.25) is 0 Å². The number of ether oxygens (including phenoxy) is 1. The fourth-order valence-corrected chi connectivity index (χ4v) is 3.77. The molecule has 0 aliphatic carbocycles. The van der Waals surface area contributed by atoms with Gasteiger partial charge >= 0.3 is 0 Å². The number of aromatic hydroxyl groups is 1. The predicted octanol–water partition coefficient (Wildman–Crippen LogP) is 7.34. The zero-order chi connectivity index (χ0) is 21.5. The number of phenolic OH excluding ortho intramolecular Hbond substituents is 1. The Hall–Kier alpha value is -3.78. The first-order chi connectivity index (χ1) is 15.2. The molecule has 154 valence electrons. The molecule has 31 heavy (non-hydrogen) atoms. The topological polar surface area (TPSA) is 29.5 Å². The maximum Gasteiger partial charge on any atom is 0.119 e. The third-order valence-corrected chi connectivity index (χ3v) is 5.32. The second-order valence-electron chi connectivity index (χ2n) is 7.42. The van der Waals surface area contributed by atoms with Gasteiger partial charge in [-0.05, 0) is 64.1 Å². The van der Waals surface area contributed by atoms with Gasteiger partial charge in [-0.2, -0.15) is 0 Å². The molecule has 0 unspecified atom stereocenters. The van der Waals surface area contributed by atoms with Crippen LogP contribution < -0.4 is 4.74 Å². The van der Waals surface area contributed by atoms with E-state index in [1.807, 2.05) is 48.5 Å². The average molecular weight is 407 g/mol. The summed E-state index contributed by atoms with van der Waals surface area (Å²) in [5.41, 5.74) is 6.99. The van der Waals surface area contributed by atoms with Crippen molar-refractivity contribution >= 4 is 11.1 Å². The molecule has 0 bridgehead atoms.